The number of nitrogens with one attached hydrogen (secondary N) is 2. The van der Waals surface area contributed by atoms with Crippen LogP contribution in [-0.2, 0) is 7.05 Å². The van der Waals surface area contributed by atoms with Gasteiger partial charge in [-0.1, -0.05) is 23.2 Å². The molecular formula is C17H13Cl2N5O4. The molecule has 1 aliphatic rings. The third-order valence-corrected chi connectivity index (χ3v) is 4.79. The molecule has 2 N–H and O–H groups in total. The molecule has 1 fully saturated rings. The maximum absolute atomic E-state index is 12.2. The predicted molar refractivity (Wildman–Crippen MR) is 102 cm³/mol. The Kier molecular flexibility index (Phi) is 4.56. The summed E-state index contributed by atoms with van der Waals surface area (Å²) in [5.41, 5.74) is -0.867. The molecule has 0 bridgehead atoms. The van der Waals surface area contributed by atoms with Crippen LogP contribution in [0.5, 0.6) is 11.6 Å². The van der Waals surface area contributed by atoms with Crippen LogP contribution in [0, 0.1) is 0 Å². The zero-order chi connectivity index (χ0) is 20.0. The van der Waals surface area contributed by atoms with Gasteiger partial charge < -0.3 is 9.30 Å². The Hall–Kier alpha value is -2.91. The molecule has 4 rings (SSSR count). The van der Waals surface area contributed by atoms with Crippen molar-refractivity contribution in [1.29, 1.82) is 0 Å². The summed E-state index contributed by atoms with van der Waals surface area (Å²) in [6.45, 7) is 0. The van der Waals surface area contributed by atoms with Crippen LogP contribution in [0.1, 0.15) is 24.5 Å². The fraction of sp³-hybridized carbons (Fsp3) is 0.235. The molecule has 0 amide bonds. The van der Waals surface area contributed by atoms with Gasteiger partial charge in [0.05, 0.1) is 16.2 Å². The average Bonchev–Trinajstić information content (AvgIpc) is 3.45. The normalized spacial score (nSPS) is 13.5. The van der Waals surface area contributed by atoms with Crippen LogP contribution in [0.4, 0.5) is 0 Å². The van der Waals surface area contributed by atoms with E-state index in [0.29, 0.717) is 11.3 Å². The van der Waals surface area contributed by atoms with Crippen LogP contribution in [0.15, 0.2) is 32.7 Å². The van der Waals surface area contributed by atoms with Crippen molar-refractivity contribution in [2.24, 2.45) is 7.05 Å². The summed E-state index contributed by atoms with van der Waals surface area (Å²) in [5.74, 6) is 0.454. The van der Waals surface area contributed by atoms with E-state index in [2.05, 4.69) is 20.2 Å². The summed E-state index contributed by atoms with van der Waals surface area (Å²) < 4.78 is 7.13. The number of hydrogen-bond acceptors (Lipinski definition) is 6. The van der Waals surface area contributed by atoms with Gasteiger partial charge in [-0.2, -0.15) is 5.10 Å². The molecular weight excluding hydrogens is 409 g/mol. The van der Waals surface area contributed by atoms with E-state index >= 15 is 0 Å². The van der Waals surface area contributed by atoms with Crippen molar-refractivity contribution in [3.63, 3.8) is 0 Å². The van der Waals surface area contributed by atoms with Crippen LogP contribution in [-0.4, -0.2) is 24.7 Å². The molecule has 11 heteroatoms. The first kappa shape index (κ1) is 18.5. The number of H-pyrrole nitrogens is 2. The van der Waals surface area contributed by atoms with E-state index in [1.807, 2.05) is 0 Å². The highest BCUT2D eigenvalue weighted by Crippen LogP contribution is 2.40. The van der Waals surface area contributed by atoms with E-state index < -0.39 is 11.2 Å². The van der Waals surface area contributed by atoms with Crippen molar-refractivity contribution < 1.29 is 4.74 Å². The molecule has 0 spiro atoms. The van der Waals surface area contributed by atoms with Gasteiger partial charge in [0, 0.05) is 18.5 Å². The number of halogens is 2. The highest BCUT2D eigenvalue weighted by atomic mass is 35.5. The van der Waals surface area contributed by atoms with E-state index in [9.17, 15) is 14.4 Å². The van der Waals surface area contributed by atoms with Crippen LogP contribution >= 0.6 is 23.2 Å². The largest absolute Gasteiger partial charge is 0.434 e. The minimum atomic E-state index is -0.724. The van der Waals surface area contributed by atoms with Crippen LogP contribution < -0.4 is 21.5 Å². The Morgan fingerprint density at radius 2 is 1.86 bits per heavy atom. The number of aromatic amines is 2. The molecule has 3 aromatic rings. The van der Waals surface area contributed by atoms with Crippen molar-refractivity contribution >= 4 is 23.2 Å². The highest BCUT2D eigenvalue weighted by molar-refractivity contribution is 6.37. The Morgan fingerprint density at radius 1 is 1.18 bits per heavy atom. The fourth-order valence-corrected chi connectivity index (χ4v) is 3.28. The number of rotatable bonds is 4. The molecule has 28 heavy (non-hydrogen) atoms. The number of ether oxygens (including phenoxy) is 1. The summed E-state index contributed by atoms with van der Waals surface area (Å²) in [5, 5.41) is 6.08. The lowest BCUT2D eigenvalue weighted by Gasteiger charge is -2.12. The molecule has 144 valence electrons. The van der Waals surface area contributed by atoms with Gasteiger partial charge in [0.1, 0.15) is 5.69 Å². The second kappa shape index (κ2) is 6.92. The lowest BCUT2D eigenvalue weighted by atomic mass is 10.1. The predicted octanol–water partition coefficient (Wildman–Crippen LogP) is 2.20. The third-order valence-electron chi connectivity index (χ3n) is 4.23. The molecule has 9 nitrogen and oxygen atoms in total. The van der Waals surface area contributed by atoms with Crippen molar-refractivity contribution in [2.45, 2.75) is 18.8 Å². The van der Waals surface area contributed by atoms with E-state index in [4.69, 9.17) is 27.9 Å². The summed E-state index contributed by atoms with van der Waals surface area (Å²) in [7, 11) is 1.61. The van der Waals surface area contributed by atoms with Gasteiger partial charge in [-0.15, -0.1) is 0 Å². The van der Waals surface area contributed by atoms with Crippen molar-refractivity contribution in [2.75, 3.05) is 0 Å². The first-order chi connectivity index (χ1) is 13.3. The molecule has 1 aromatic carbocycles. The van der Waals surface area contributed by atoms with Crippen LogP contribution in [0.2, 0.25) is 10.0 Å². The van der Waals surface area contributed by atoms with E-state index in [-0.39, 0.29) is 38.8 Å². The third kappa shape index (κ3) is 3.46. The first-order valence-electron chi connectivity index (χ1n) is 8.27. The summed E-state index contributed by atoms with van der Waals surface area (Å²) in [6.07, 6.45) is 3.29. The Balaban J connectivity index is 1.73. The van der Waals surface area contributed by atoms with Crippen molar-refractivity contribution in [3.05, 3.63) is 65.3 Å². The minimum absolute atomic E-state index is 0.0498. The van der Waals surface area contributed by atoms with Gasteiger partial charge in [0.15, 0.2) is 11.4 Å². The van der Waals surface area contributed by atoms with Crippen LogP contribution in [0.25, 0.3) is 11.3 Å². The first-order valence-corrected chi connectivity index (χ1v) is 9.03. The maximum Gasteiger partial charge on any atom is 0.342 e. The van der Waals surface area contributed by atoms with Gasteiger partial charge in [-0.3, -0.25) is 14.6 Å². The quantitative estimate of drug-likeness (QED) is 0.665. The van der Waals surface area contributed by atoms with E-state index in [0.717, 1.165) is 12.8 Å². The van der Waals surface area contributed by atoms with Crippen LogP contribution in [0.3, 0.4) is 0 Å². The second-order valence-corrected chi connectivity index (χ2v) is 7.20. The fourth-order valence-electron chi connectivity index (χ4n) is 2.71. The molecule has 1 saturated carbocycles. The topological polar surface area (TPSA) is 123 Å². The molecule has 2 aromatic heterocycles. The summed E-state index contributed by atoms with van der Waals surface area (Å²) in [4.78, 5) is 41.6. The molecule has 0 unspecified atom stereocenters. The summed E-state index contributed by atoms with van der Waals surface area (Å²) >= 11 is 12.6. The Bertz CT molecular complexity index is 1240. The lowest BCUT2D eigenvalue weighted by molar-refractivity contribution is 0.452. The van der Waals surface area contributed by atoms with Gasteiger partial charge in [0.25, 0.3) is 11.1 Å². The minimum Gasteiger partial charge on any atom is -0.434 e. The van der Waals surface area contributed by atoms with Gasteiger partial charge in [0.2, 0.25) is 5.88 Å². The molecule has 0 saturated heterocycles. The van der Waals surface area contributed by atoms with Gasteiger partial charge in [-0.05, 0) is 25.0 Å². The molecule has 2 heterocycles. The number of nitrogens with zero attached hydrogens (tertiary/aromatic N) is 3. The zero-order valence-corrected chi connectivity index (χ0v) is 16.0. The van der Waals surface area contributed by atoms with E-state index in [1.54, 1.807) is 7.05 Å². The van der Waals surface area contributed by atoms with Gasteiger partial charge in [-0.25, -0.2) is 14.9 Å². The van der Waals surface area contributed by atoms with Gasteiger partial charge >= 0.3 is 5.69 Å². The Labute approximate surface area is 166 Å². The SMILES string of the molecule is Cn1cc(Oc2c(Cl)cc(-c3n[nH]c(=O)[nH]c3=O)cc2Cl)nc(C2CC2)c1=O. The number of benzene rings is 1. The van der Waals surface area contributed by atoms with Crippen molar-refractivity contribution in [1.82, 2.24) is 24.7 Å². The standard InChI is InChI=1S/C17H13Cl2N5O4/c1-24-6-11(20-13(16(24)26)7-2-3-7)28-14-9(18)4-8(5-10(14)19)12-15(25)21-17(27)23-22-12/h4-7H,2-3H2,1H3,(H2,21,23,25,27). The smallest absolute Gasteiger partial charge is 0.342 e. The number of hydrogen-bond donors (Lipinski definition) is 2. The average molecular weight is 422 g/mol. The molecule has 0 atom stereocenters. The monoisotopic (exact) mass is 421 g/mol. The maximum atomic E-state index is 12.2. The second-order valence-electron chi connectivity index (χ2n) is 6.38. The lowest BCUT2D eigenvalue weighted by Crippen LogP contribution is -2.25. The van der Waals surface area contributed by atoms with Crippen molar-refractivity contribution in [3.8, 4) is 22.9 Å². The number of aromatic nitrogens is 5. The van der Waals surface area contributed by atoms with E-state index in [1.165, 1.54) is 22.9 Å². The zero-order valence-electron chi connectivity index (χ0n) is 14.5. The molecule has 0 radical (unpaired) electrons. The highest BCUT2D eigenvalue weighted by Gasteiger charge is 2.29. The summed E-state index contributed by atoms with van der Waals surface area (Å²) in [6, 6.07) is 2.87. The number of aryl methyl sites for hydroxylation is 1. The molecule has 0 aliphatic heterocycles. The Morgan fingerprint density at radius 3 is 2.46 bits per heavy atom. The molecule has 1 aliphatic carbocycles.